The second-order valence-electron chi connectivity index (χ2n) is 0. The van der Waals surface area contributed by atoms with Gasteiger partial charge in [0, 0.05) is 19.5 Å². The molecule has 0 bridgehead atoms. The maximum atomic E-state index is 8.42. The normalized spacial score (nSPS) is 0.750. The van der Waals surface area contributed by atoms with Crippen LogP contribution in [0.3, 0.4) is 0 Å². The van der Waals surface area contributed by atoms with E-state index in [0.717, 1.165) is 0 Å². The smallest absolute Gasteiger partial charge is 0 e. The molecule has 1 nitrogen and oxygen atoms in total. The van der Waals surface area contributed by atoms with Gasteiger partial charge in [0.15, 0.2) is 0 Å². The Morgan fingerprint density at radius 3 is 1.50 bits per heavy atom. The minimum absolute atomic E-state index is 0. The predicted octanol–water partition coefficient (Wildman–Crippen LogP) is -0.926. The van der Waals surface area contributed by atoms with E-state index in [9.17, 15) is 0 Å². The van der Waals surface area contributed by atoms with Gasteiger partial charge in [0.2, 0.25) is 0 Å². The van der Waals surface area contributed by atoms with E-state index >= 15 is 0 Å². The Morgan fingerprint density at radius 2 is 1.50 bits per heavy atom. The van der Waals surface area contributed by atoms with Gasteiger partial charge in [-0.15, -0.1) is 0 Å². The third kappa shape index (κ3) is 8.96. The monoisotopic (exact) mass is 222 g/mol. The molecule has 0 aromatic heterocycles. The van der Waals surface area contributed by atoms with Crippen molar-refractivity contribution in [3.8, 4) is 0 Å². The first-order valence-electron chi connectivity index (χ1n) is 0.289. The molecule has 0 amide bonds. The van der Waals surface area contributed by atoms with Crippen LogP contribution in [-0.2, 0) is 22.3 Å². The van der Waals surface area contributed by atoms with Crippen molar-refractivity contribution in [2.75, 3.05) is 0 Å². The van der Waals surface area contributed by atoms with Crippen LogP contribution in [0.2, 0.25) is 0 Å². The van der Waals surface area contributed by atoms with Crippen LogP contribution in [0, 0.1) is 0 Å². The minimum Gasteiger partial charge on any atom is 0 e. The summed E-state index contributed by atoms with van der Waals surface area (Å²) in [4.78, 5) is 0. The van der Waals surface area contributed by atoms with Gasteiger partial charge in [-0.1, -0.05) is 0 Å². The summed E-state index contributed by atoms with van der Waals surface area (Å²) in [5.41, 5.74) is 0. The second-order valence-corrected chi connectivity index (χ2v) is 0. The van der Waals surface area contributed by atoms with Gasteiger partial charge in [-0.2, -0.15) is 0 Å². The summed E-state index contributed by atoms with van der Waals surface area (Å²) in [6.45, 7) is 0. The summed E-state index contributed by atoms with van der Waals surface area (Å²) in [7, 11) is 0. The summed E-state index contributed by atoms with van der Waals surface area (Å²) in [5, 5.41) is 0. The van der Waals surface area contributed by atoms with E-state index < -0.39 is 0 Å². The van der Waals surface area contributed by atoms with Crippen LogP contribution in [0.25, 0.3) is 0 Å². The van der Waals surface area contributed by atoms with Gasteiger partial charge < -0.3 is 2.85 Å². The van der Waals surface area contributed by atoms with Gasteiger partial charge >= 0.3 is 50.3 Å². The SMILES string of the molecule is [H-].[H-].[Mg+2].[O]=[InH].[Zn]. The van der Waals surface area contributed by atoms with Crippen molar-refractivity contribution in [2.45, 2.75) is 0 Å². The maximum absolute atomic E-state index is 8.42. The Morgan fingerprint density at radius 1 is 1.50 bits per heavy atom. The molecule has 0 N–H and O–H groups in total. The van der Waals surface area contributed by atoms with Crippen molar-refractivity contribution < 1.29 is 25.2 Å². The third-order valence-electron chi connectivity index (χ3n) is 0. The molecule has 0 unspecified atom stereocenters. The standard InChI is InChI=1S/In.Mg.O.Zn.3H/q;+2;;;;2*-1. The Balaban J connectivity index is -0.000000000833. The van der Waals surface area contributed by atoms with E-state index in [-0.39, 0.29) is 69.8 Å². The molecule has 0 aromatic rings. The predicted molar refractivity (Wildman–Crippen MR) is 15.8 cm³/mol. The summed E-state index contributed by atoms with van der Waals surface area (Å²) in [6, 6.07) is 0. The molecular weight excluding hydrogens is 221 g/mol. The minimum atomic E-state index is -0.1000. The number of hydrogen-bond donors (Lipinski definition) is 0. The molecule has 0 saturated carbocycles. The van der Waals surface area contributed by atoms with Crippen molar-refractivity contribution in [1.82, 2.24) is 0 Å². The van der Waals surface area contributed by atoms with Crippen molar-refractivity contribution in [3.05, 3.63) is 0 Å². The topological polar surface area (TPSA) is 17.1 Å². The molecule has 0 rings (SSSR count). The molecule has 4 heteroatoms. The largest absolute Gasteiger partial charge is 0 e. The molecule has 0 atom stereocenters. The summed E-state index contributed by atoms with van der Waals surface area (Å²) >= 11 is -0.1000. The molecule has 0 aliphatic rings. The molecular formula is H3InMgOZn. The summed E-state index contributed by atoms with van der Waals surface area (Å²) < 4.78 is 8.42. The first-order chi connectivity index (χ1) is 1.00. The van der Waals surface area contributed by atoms with E-state index in [0.29, 0.717) is 0 Å². The van der Waals surface area contributed by atoms with Gasteiger partial charge in [-0.25, -0.2) is 0 Å². The van der Waals surface area contributed by atoms with Crippen LogP contribution in [0.15, 0.2) is 0 Å². The summed E-state index contributed by atoms with van der Waals surface area (Å²) in [5.74, 6) is 0. The molecule has 0 aromatic carbocycles. The van der Waals surface area contributed by atoms with Crippen LogP contribution < -0.4 is 0 Å². The number of rotatable bonds is 0. The van der Waals surface area contributed by atoms with E-state index in [1.54, 1.807) is 0 Å². The quantitative estimate of drug-likeness (QED) is 0.485. The maximum Gasteiger partial charge on any atom is 0 e. The zero-order valence-electron chi connectivity index (χ0n) is 4.53. The Hall–Kier alpha value is 2.06. The van der Waals surface area contributed by atoms with E-state index in [2.05, 4.69) is 0 Å². The number of hydrogen-bond acceptors (Lipinski definition) is 1. The van der Waals surface area contributed by atoms with Crippen molar-refractivity contribution >= 4 is 47.4 Å². The first-order valence-corrected chi connectivity index (χ1v) is 1.94. The molecule has 0 heterocycles. The molecule has 0 radical (unpaired) electrons. The molecule has 0 aliphatic carbocycles. The van der Waals surface area contributed by atoms with Gasteiger partial charge in [0.25, 0.3) is 0 Å². The summed E-state index contributed by atoms with van der Waals surface area (Å²) in [6.07, 6.45) is 0. The second kappa shape index (κ2) is 19.7. The Bertz CT molecular complexity index is 13.5. The van der Waals surface area contributed by atoms with Crippen LogP contribution in [0.4, 0.5) is 0 Å². The van der Waals surface area contributed by atoms with Crippen LogP contribution in [0.1, 0.15) is 2.85 Å². The Labute approximate surface area is 71.8 Å². The molecule has 0 aliphatic heterocycles. The van der Waals surface area contributed by atoms with Crippen LogP contribution in [-0.4, -0.2) is 47.4 Å². The Kier molecular flexibility index (Phi) is 81.4. The molecule has 0 saturated heterocycles. The molecule has 16 valence electrons. The third-order valence-corrected chi connectivity index (χ3v) is 0. The fraction of sp³-hybridized carbons (Fsp3) is 0. The molecule has 0 spiro atoms. The van der Waals surface area contributed by atoms with Gasteiger partial charge in [-0.3, -0.25) is 0 Å². The van der Waals surface area contributed by atoms with Crippen molar-refractivity contribution in [1.29, 1.82) is 0 Å². The average Bonchev–Trinajstić information content (AvgIpc) is 1.00. The zero-order chi connectivity index (χ0) is 2.00. The van der Waals surface area contributed by atoms with Crippen molar-refractivity contribution in [3.63, 3.8) is 0 Å². The van der Waals surface area contributed by atoms with Crippen molar-refractivity contribution in [2.24, 2.45) is 0 Å². The first kappa shape index (κ1) is 16.6. The fourth-order valence-corrected chi connectivity index (χ4v) is 0. The molecule has 0 fully saturated rings. The van der Waals surface area contributed by atoms with Crippen LogP contribution in [0.5, 0.6) is 0 Å². The van der Waals surface area contributed by atoms with Gasteiger partial charge in [-0.05, 0) is 0 Å². The van der Waals surface area contributed by atoms with Crippen LogP contribution >= 0.6 is 0 Å². The fourth-order valence-electron chi connectivity index (χ4n) is 0. The molecule has 4 heavy (non-hydrogen) atoms. The van der Waals surface area contributed by atoms with E-state index in [1.807, 2.05) is 0 Å². The van der Waals surface area contributed by atoms with E-state index in [1.165, 1.54) is 0 Å². The van der Waals surface area contributed by atoms with Gasteiger partial charge in [0.05, 0.1) is 0 Å². The zero-order valence-corrected chi connectivity index (χ0v) is 10.9. The van der Waals surface area contributed by atoms with E-state index in [4.69, 9.17) is 2.85 Å². The van der Waals surface area contributed by atoms with Gasteiger partial charge in [0.1, 0.15) is 0 Å². The average molecular weight is 224 g/mol.